The molecule has 54 valence electrons. The third-order valence-electron chi connectivity index (χ3n) is 1.04. The molecule has 0 aromatic heterocycles. The van der Waals surface area contributed by atoms with E-state index in [1.54, 1.807) is 0 Å². The summed E-state index contributed by atoms with van der Waals surface area (Å²) < 4.78 is 0. The second-order valence-corrected chi connectivity index (χ2v) is 2.99. The summed E-state index contributed by atoms with van der Waals surface area (Å²) in [5.74, 6) is 1.94. The minimum absolute atomic E-state index is 0. The van der Waals surface area contributed by atoms with Crippen molar-refractivity contribution >= 4 is 30.9 Å². The molecular weight excluding hydrogens is 207 g/mol. The molecule has 0 saturated heterocycles. The van der Waals surface area contributed by atoms with Gasteiger partial charge in [-0.3, -0.25) is 0 Å². The molecule has 0 spiro atoms. The maximum atomic E-state index is 3.67. The van der Waals surface area contributed by atoms with Crippen molar-refractivity contribution in [3.05, 3.63) is 42.7 Å². The SMILES string of the molecule is Br.C=CPc1ccccc1. The summed E-state index contributed by atoms with van der Waals surface area (Å²) in [4.78, 5) is 0. The van der Waals surface area contributed by atoms with Crippen LogP contribution in [0, 0.1) is 0 Å². The fraction of sp³-hybridized carbons (Fsp3) is 0. The van der Waals surface area contributed by atoms with Crippen LogP contribution in [0.4, 0.5) is 0 Å². The number of halogens is 1. The van der Waals surface area contributed by atoms with E-state index >= 15 is 0 Å². The first kappa shape index (κ1) is 9.87. The first-order chi connectivity index (χ1) is 4.43. The van der Waals surface area contributed by atoms with Gasteiger partial charge in [0.2, 0.25) is 0 Å². The van der Waals surface area contributed by atoms with E-state index in [1.807, 2.05) is 24.0 Å². The van der Waals surface area contributed by atoms with Gasteiger partial charge in [0.15, 0.2) is 0 Å². The zero-order valence-corrected chi connectivity index (χ0v) is 8.29. The van der Waals surface area contributed by atoms with E-state index in [9.17, 15) is 0 Å². The average molecular weight is 217 g/mol. The van der Waals surface area contributed by atoms with Gasteiger partial charge in [0, 0.05) is 0 Å². The summed E-state index contributed by atoms with van der Waals surface area (Å²) in [6.45, 7) is 3.67. The van der Waals surface area contributed by atoms with Gasteiger partial charge in [0.25, 0.3) is 0 Å². The van der Waals surface area contributed by atoms with Crippen molar-refractivity contribution in [2.24, 2.45) is 0 Å². The van der Waals surface area contributed by atoms with E-state index in [1.165, 1.54) is 5.30 Å². The van der Waals surface area contributed by atoms with Crippen molar-refractivity contribution in [2.75, 3.05) is 0 Å². The highest BCUT2D eigenvalue weighted by Gasteiger charge is 1.81. The predicted octanol–water partition coefficient (Wildman–Crippen LogP) is 2.71. The average Bonchev–Trinajstić information content (AvgIpc) is 1.91. The monoisotopic (exact) mass is 216 g/mol. The molecule has 1 unspecified atom stereocenters. The van der Waals surface area contributed by atoms with Crippen LogP contribution in [0.2, 0.25) is 0 Å². The van der Waals surface area contributed by atoms with Crippen molar-refractivity contribution in [1.29, 1.82) is 0 Å². The first-order valence-corrected chi connectivity index (χ1v) is 3.93. The third-order valence-corrected chi connectivity index (χ3v) is 1.91. The first-order valence-electron chi connectivity index (χ1n) is 2.86. The molecule has 0 amide bonds. The zero-order chi connectivity index (χ0) is 6.53. The molecule has 0 saturated carbocycles. The van der Waals surface area contributed by atoms with Crippen LogP contribution in [-0.4, -0.2) is 0 Å². The third kappa shape index (κ3) is 3.14. The van der Waals surface area contributed by atoms with Crippen molar-refractivity contribution in [3.8, 4) is 0 Å². The second kappa shape index (κ2) is 5.64. The molecule has 0 radical (unpaired) electrons. The van der Waals surface area contributed by atoms with Crippen molar-refractivity contribution in [2.45, 2.75) is 0 Å². The molecule has 1 rings (SSSR count). The molecule has 1 aromatic rings. The van der Waals surface area contributed by atoms with Gasteiger partial charge in [-0.1, -0.05) is 51.3 Å². The fourth-order valence-corrected chi connectivity index (χ4v) is 1.27. The predicted molar refractivity (Wildman–Crippen MR) is 54.9 cm³/mol. The van der Waals surface area contributed by atoms with Gasteiger partial charge < -0.3 is 0 Å². The molecule has 0 bridgehead atoms. The smallest absolute Gasteiger partial charge is 0.0233 e. The van der Waals surface area contributed by atoms with E-state index in [0.717, 1.165) is 8.58 Å². The summed E-state index contributed by atoms with van der Waals surface area (Å²) in [5.41, 5.74) is 0. The van der Waals surface area contributed by atoms with Crippen LogP contribution in [0.25, 0.3) is 0 Å². The molecule has 1 aromatic carbocycles. The zero-order valence-electron chi connectivity index (χ0n) is 5.58. The molecule has 0 N–H and O–H groups in total. The Morgan fingerprint density at radius 1 is 1.20 bits per heavy atom. The number of rotatable bonds is 2. The largest absolute Gasteiger partial charge is 0.114 e. The molecule has 0 aliphatic rings. The Balaban J connectivity index is 0.000000810. The second-order valence-electron chi connectivity index (χ2n) is 1.71. The molecule has 0 nitrogen and oxygen atoms in total. The van der Waals surface area contributed by atoms with Gasteiger partial charge in [-0.2, -0.15) is 0 Å². The molecule has 2 heteroatoms. The lowest BCUT2D eigenvalue weighted by atomic mass is 10.4. The normalized spacial score (nSPS) is 9.20. The van der Waals surface area contributed by atoms with Gasteiger partial charge in [0.1, 0.15) is 0 Å². The Morgan fingerprint density at radius 2 is 1.80 bits per heavy atom. The van der Waals surface area contributed by atoms with Crippen LogP contribution in [-0.2, 0) is 0 Å². The summed E-state index contributed by atoms with van der Waals surface area (Å²) in [6.07, 6.45) is 0. The van der Waals surface area contributed by atoms with E-state index < -0.39 is 0 Å². The maximum Gasteiger partial charge on any atom is -0.0233 e. The van der Waals surface area contributed by atoms with Gasteiger partial charge >= 0.3 is 0 Å². The van der Waals surface area contributed by atoms with E-state index in [0.29, 0.717) is 0 Å². The highest BCUT2D eigenvalue weighted by molar-refractivity contribution is 8.93. The minimum Gasteiger partial charge on any atom is -0.114 e. The van der Waals surface area contributed by atoms with Gasteiger partial charge in [-0.05, 0) is 5.30 Å². The number of hydrogen-bond donors (Lipinski definition) is 0. The van der Waals surface area contributed by atoms with E-state index in [2.05, 4.69) is 18.7 Å². The van der Waals surface area contributed by atoms with Crippen molar-refractivity contribution in [3.63, 3.8) is 0 Å². The molecular formula is C8H10BrP. The van der Waals surface area contributed by atoms with Crippen molar-refractivity contribution < 1.29 is 0 Å². The molecule has 0 aliphatic carbocycles. The topological polar surface area (TPSA) is 0 Å². The van der Waals surface area contributed by atoms with Crippen LogP contribution < -0.4 is 5.30 Å². The molecule has 0 aliphatic heterocycles. The summed E-state index contributed by atoms with van der Waals surface area (Å²) in [5, 5.41) is 1.35. The Labute approximate surface area is 73.9 Å². The quantitative estimate of drug-likeness (QED) is 0.668. The number of hydrogen-bond acceptors (Lipinski definition) is 0. The summed E-state index contributed by atoms with van der Waals surface area (Å²) >= 11 is 0. The van der Waals surface area contributed by atoms with Gasteiger partial charge in [-0.25, -0.2) is 0 Å². The lowest BCUT2D eigenvalue weighted by molar-refractivity contribution is 1.78. The lowest BCUT2D eigenvalue weighted by Crippen LogP contribution is -1.87. The van der Waals surface area contributed by atoms with E-state index in [4.69, 9.17) is 0 Å². The fourth-order valence-electron chi connectivity index (χ4n) is 0.652. The Bertz CT molecular complexity index is 184. The Morgan fingerprint density at radius 3 is 2.30 bits per heavy atom. The maximum absolute atomic E-state index is 3.67. The van der Waals surface area contributed by atoms with Crippen LogP contribution in [0.5, 0.6) is 0 Å². The van der Waals surface area contributed by atoms with Crippen LogP contribution in [0.1, 0.15) is 0 Å². The number of benzene rings is 1. The Kier molecular flexibility index (Phi) is 5.57. The molecule has 0 fully saturated rings. The molecule has 1 atom stereocenters. The standard InChI is InChI=1S/C8H9P.BrH/c1-2-9-8-6-4-3-5-7-8;/h2-7,9H,1H2;1H. The molecule has 10 heavy (non-hydrogen) atoms. The summed E-state index contributed by atoms with van der Waals surface area (Å²) in [7, 11) is 0.751. The van der Waals surface area contributed by atoms with Crippen LogP contribution in [0.15, 0.2) is 42.7 Å². The lowest BCUT2D eigenvalue weighted by Gasteiger charge is -1.91. The van der Waals surface area contributed by atoms with Crippen LogP contribution >= 0.6 is 25.6 Å². The van der Waals surface area contributed by atoms with E-state index in [-0.39, 0.29) is 17.0 Å². The summed E-state index contributed by atoms with van der Waals surface area (Å²) in [6, 6.07) is 10.3. The highest BCUT2D eigenvalue weighted by atomic mass is 79.9. The van der Waals surface area contributed by atoms with Gasteiger partial charge in [0.05, 0.1) is 0 Å². The minimum atomic E-state index is 0. The Hall–Kier alpha value is -0.130. The molecule has 0 heterocycles. The highest BCUT2D eigenvalue weighted by Crippen LogP contribution is 2.08. The van der Waals surface area contributed by atoms with Crippen molar-refractivity contribution in [1.82, 2.24) is 0 Å². The van der Waals surface area contributed by atoms with Gasteiger partial charge in [-0.15, -0.1) is 17.0 Å². The van der Waals surface area contributed by atoms with Crippen LogP contribution in [0.3, 0.4) is 0 Å².